The van der Waals surface area contributed by atoms with Gasteiger partial charge in [-0.15, -0.1) is 12.4 Å². The summed E-state index contributed by atoms with van der Waals surface area (Å²) in [4.78, 5) is 24.5. The molecule has 1 aliphatic rings. The van der Waals surface area contributed by atoms with E-state index in [1.165, 1.54) is 0 Å². The van der Waals surface area contributed by atoms with Crippen molar-refractivity contribution in [2.45, 2.75) is 38.8 Å². The summed E-state index contributed by atoms with van der Waals surface area (Å²) in [7, 11) is 0. The number of halogens is 1. The molecule has 6 heteroatoms. The fourth-order valence-electron chi connectivity index (χ4n) is 3.15. The molecular weight excluding hydrogens is 374 g/mol. The van der Waals surface area contributed by atoms with E-state index in [0.717, 1.165) is 36.1 Å². The average molecular weight is 402 g/mol. The predicted molar refractivity (Wildman–Crippen MR) is 114 cm³/mol. The lowest BCUT2D eigenvalue weighted by Crippen LogP contribution is -2.35. The quantitative estimate of drug-likeness (QED) is 0.659. The molecule has 28 heavy (non-hydrogen) atoms. The molecule has 0 heterocycles. The number of anilines is 1. The second-order valence-electron chi connectivity index (χ2n) is 7.26. The number of hydrogen-bond acceptors (Lipinski definition) is 3. The summed E-state index contributed by atoms with van der Waals surface area (Å²) in [5.74, 6) is -0.192. The molecule has 150 valence electrons. The Bertz CT molecular complexity index is 793. The number of carbonyl (C=O) groups excluding carboxylic acids is 2. The molecule has 0 saturated heterocycles. The number of benzene rings is 2. The first kappa shape index (κ1) is 21.9. The number of nitrogens with one attached hydrogen (secondary N) is 2. The number of carbonyl (C=O) groups is 2. The zero-order valence-electron chi connectivity index (χ0n) is 16.1. The minimum Gasteiger partial charge on any atom is -0.352 e. The highest BCUT2D eigenvalue weighted by Gasteiger charge is 2.25. The summed E-state index contributed by atoms with van der Waals surface area (Å²) in [5.41, 5.74) is 8.88. The van der Waals surface area contributed by atoms with Crippen molar-refractivity contribution in [3.05, 3.63) is 65.7 Å². The zero-order valence-corrected chi connectivity index (χ0v) is 16.9. The first-order valence-electron chi connectivity index (χ1n) is 9.52. The molecule has 1 fully saturated rings. The van der Waals surface area contributed by atoms with Gasteiger partial charge in [-0.3, -0.25) is 9.59 Å². The second-order valence-corrected chi connectivity index (χ2v) is 7.26. The Labute approximate surface area is 172 Å². The number of amides is 2. The van der Waals surface area contributed by atoms with Gasteiger partial charge in [0.2, 0.25) is 11.8 Å². The highest BCUT2D eigenvalue weighted by atomic mass is 35.5. The van der Waals surface area contributed by atoms with Crippen molar-refractivity contribution in [1.29, 1.82) is 0 Å². The van der Waals surface area contributed by atoms with Crippen LogP contribution in [0.15, 0.2) is 54.6 Å². The number of nitrogens with two attached hydrogens (primary N) is 1. The van der Waals surface area contributed by atoms with Crippen LogP contribution in [0.4, 0.5) is 5.69 Å². The normalized spacial score (nSPS) is 15.5. The summed E-state index contributed by atoms with van der Waals surface area (Å²) >= 11 is 0. The van der Waals surface area contributed by atoms with Crippen LogP contribution >= 0.6 is 12.4 Å². The van der Waals surface area contributed by atoms with Gasteiger partial charge < -0.3 is 16.4 Å². The highest BCUT2D eigenvalue weighted by Crippen LogP contribution is 2.27. The number of hydrogen-bond donors (Lipinski definition) is 3. The molecule has 0 aliphatic heterocycles. The SMILES string of the molecule is CC(C(=O)NCc1cccc(NC(=O)C2CCC2)c1)C(N)c1ccccc1.Cl. The molecule has 2 amide bonds. The Hall–Kier alpha value is -2.37. The maximum Gasteiger partial charge on any atom is 0.227 e. The first-order chi connectivity index (χ1) is 13.0. The van der Waals surface area contributed by atoms with E-state index in [2.05, 4.69) is 10.6 Å². The minimum atomic E-state index is -0.348. The van der Waals surface area contributed by atoms with Crippen molar-refractivity contribution < 1.29 is 9.59 Å². The van der Waals surface area contributed by atoms with Gasteiger partial charge in [0.15, 0.2) is 0 Å². The monoisotopic (exact) mass is 401 g/mol. The van der Waals surface area contributed by atoms with Gasteiger partial charge in [-0.2, -0.15) is 0 Å². The Morgan fingerprint density at radius 2 is 1.82 bits per heavy atom. The molecule has 0 radical (unpaired) electrons. The van der Waals surface area contributed by atoms with Crippen LogP contribution in [0, 0.1) is 11.8 Å². The van der Waals surface area contributed by atoms with E-state index < -0.39 is 0 Å². The van der Waals surface area contributed by atoms with Crippen molar-refractivity contribution in [3.8, 4) is 0 Å². The lowest BCUT2D eigenvalue weighted by Gasteiger charge is -2.24. The lowest BCUT2D eigenvalue weighted by molar-refractivity contribution is -0.125. The van der Waals surface area contributed by atoms with Crippen molar-refractivity contribution in [2.24, 2.45) is 17.6 Å². The maximum absolute atomic E-state index is 12.5. The van der Waals surface area contributed by atoms with Crippen molar-refractivity contribution in [1.82, 2.24) is 5.32 Å². The van der Waals surface area contributed by atoms with Crippen LogP contribution in [0.25, 0.3) is 0 Å². The molecule has 1 aliphatic carbocycles. The van der Waals surface area contributed by atoms with Gasteiger partial charge in [-0.05, 0) is 36.1 Å². The van der Waals surface area contributed by atoms with Gasteiger partial charge in [-0.1, -0.05) is 55.8 Å². The molecule has 2 aromatic rings. The third-order valence-corrected chi connectivity index (χ3v) is 5.27. The second kappa shape index (κ2) is 10.2. The highest BCUT2D eigenvalue weighted by molar-refractivity contribution is 5.93. The Morgan fingerprint density at radius 1 is 1.11 bits per heavy atom. The Morgan fingerprint density at radius 3 is 2.46 bits per heavy atom. The maximum atomic E-state index is 12.5. The van der Waals surface area contributed by atoms with Crippen LogP contribution in [0.3, 0.4) is 0 Å². The van der Waals surface area contributed by atoms with Crippen LogP contribution in [-0.2, 0) is 16.1 Å². The molecule has 2 aromatic carbocycles. The van der Waals surface area contributed by atoms with Crippen LogP contribution in [0.1, 0.15) is 43.4 Å². The standard InChI is InChI=1S/C22H27N3O2.ClH/c1-15(20(23)17-8-3-2-4-9-17)21(26)24-14-16-7-5-12-19(13-16)25-22(27)18-10-6-11-18;/h2-5,7-9,12-13,15,18,20H,6,10-11,14,23H2,1H3,(H,24,26)(H,25,27);1H. The van der Waals surface area contributed by atoms with Crippen molar-refractivity contribution in [2.75, 3.05) is 5.32 Å². The summed E-state index contributed by atoms with van der Waals surface area (Å²) in [6.07, 6.45) is 3.08. The van der Waals surface area contributed by atoms with E-state index in [9.17, 15) is 9.59 Å². The van der Waals surface area contributed by atoms with Gasteiger partial charge in [0.05, 0.1) is 5.92 Å². The molecule has 2 unspecified atom stereocenters. The molecule has 0 bridgehead atoms. The number of rotatable bonds is 7. The van der Waals surface area contributed by atoms with E-state index in [-0.39, 0.29) is 42.1 Å². The fraction of sp³-hybridized carbons (Fsp3) is 0.364. The summed E-state index contributed by atoms with van der Waals surface area (Å²) < 4.78 is 0. The van der Waals surface area contributed by atoms with Crippen molar-refractivity contribution >= 4 is 29.9 Å². The van der Waals surface area contributed by atoms with Crippen LogP contribution < -0.4 is 16.4 Å². The third kappa shape index (κ3) is 5.57. The van der Waals surface area contributed by atoms with E-state index in [1.807, 2.05) is 61.5 Å². The molecule has 4 N–H and O–H groups in total. The molecule has 2 atom stereocenters. The predicted octanol–water partition coefficient (Wildman–Crippen LogP) is 3.80. The van der Waals surface area contributed by atoms with Gasteiger partial charge in [0, 0.05) is 24.2 Å². The first-order valence-corrected chi connectivity index (χ1v) is 9.52. The van der Waals surface area contributed by atoms with Gasteiger partial charge in [-0.25, -0.2) is 0 Å². The van der Waals surface area contributed by atoms with E-state index >= 15 is 0 Å². The minimum absolute atomic E-state index is 0. The van der Waals surface area contributed by atoms with Gasteiger partial charge in [0.25, 0.3) is 0 Å². The largest absolute Gasteiger partial charge is 0.352 e. The van der Waals surface area contributed by atoms with Crippen LogP contribution in [-0.4, -0.2) is 11.8 Å². The molecule has 3 rings (SSSR count). The van der Waals surface area contributed by atoms with Crippen molar-refractivity contribution in [3.63, 3.8) is 0 Å². The Kier molecular flexibility index (Phi) is 8.03. The molecule has 0 aromatic heterocycles. The smallest absolute Gasteiger partial charge is 0.227 e. The fourth-order valence-corrected chi connectivity index (χ4v) is 3.15. The van der Waals surface area contributed by atoms with E-state index in [4.69, 9.17) is 5.73 Å². The topological polar surface area (TPSA) is 84.2 Å². The zero-order chi connectivity index (χ0) is 19.2. The third-order valence-electron chi connectivity index (χ3n) is 5.27. The average Bonchev–Trinajstić information content (AvgIpc) is 2.64. The summed E-state index contributed by atoms with van der Waals surface area (Å²) in [6.45, 7) is 2.24. The van der Waals surface area contributed by atoms with Gasteiger partial charge in [0.1, 0.15) is 0 Å². The van der Waals surface area contributed by atoms with Crippen LogP contribution in [0.5, 0.6) is 0 Å². The molecule has 1 saturated carbocycles. The summed E-state index contributed by atoms with van der Waals surface area (Å²) in [6, 6.07) is 16.9. The lowest BCUT2D eigenvalue weighted by atomic mass is 9.85. The molecular formula is C22H28ClN3O2. The molecule has 5 nitrogen and oxygen atoms in total. The van der Waals surface area contributed by atoms with E-state index in [1.54, 1.807) is 0 Å². The van der Waals surface area contributed by atoms with Crippen LogP contribution in [0.2, 0.25) is 0 Å². The molecule has 0 spiro atoms. The summed E-state index contributed by atoms with van der Waals surface area (Å²) in [5, 5.41) is 5.91. The van der Waals surface area contributed by atoms with E-state index in [0.29, 0.717) is 6.54 Å². The Balaban J connectivity index is 0.00000280. The van der Waals surface area contributed by atoms with Gasteiger partial charge >= 0.3 is 0 Å².